The molecule has 0 radical (unpaired) electrons. The van der Waals surface area contributed by atoms with Crippen LogP contribution in [0.2, 0.25) is 0 Å². The van der Waals surface area contributed by atoms with Gasteiger partial charge in [-0.15, -0.1) is 0 Å². The Balaban J connectivity index is 1.62. The van der Waals surface area contributed by atoms with Gasteiger partial charge in [-0.2, -0.15) is 0 Å². The van der Waals surface area contributed by atoms with Gasteiger partial charge in [0.25, 0.3) is 0 Å². The van der Waals surface area contributed by atoms with Gasteiger partial charge in [-0.3, -0.25) is 9.59 Å². The van der Waals surface area contributed by atoms with E-state index in [1.54, 1.807) is 0 Å². The molecule has 0 N–H and O–H groups in total. The molecule has 7 nitrogen and oxygen atoms in total. The first-order valence-corrected chi connectivity index (χ1v) is 11.6. The number of fused-ring (bicyclic) bond motifs is 2. The van der Waals surface area contributed by atoms with E-state index in [9.17, 15) is 9.59 Å². The third-order valence-electron chi connectivity index (χ3n) is 7.98. The summed E-state index contributed by atoms with van der Waals surface area (Å²) in [5.41, 5.74) is 2.14. The van der Waals surface area contributed by atoms with E-state index in [-0.39, 0.29) is 24.3 Å². The molecular weight excluding hydrogens is 409 g/mol. The zero-order valence-electron chi connectivity index (χ0n) is 19.7. The minimum atomic E-state index is -0.566. The SMILES string of the molecule is COC(=O)Cc1cc(B2OC(C)(C)C(C)(C)O2)cc2c1C1(CC1)C(=O)N2C1CCOCC1. The monoisotopic (exact) mass is 441 g/mol. The van der Waals surface area contributed by atoms with Crippen molar-refractivity contribution in [3.05, 3.63) is 23.3 Å². The summed E-state index contributed by atoms with van der Waals surface area (Å²) in [5, 5.41) is 0. The van der Waals surface area contributed by atoms with Gasteiger partial charge in [0, 0.05) is 24.9 Å². The number of carbonyl (C=O) groups is 2. The maximum absolute atomic E-state index is 13.7. The van der Waals surface area contributed by atoms with Crippen LogP contribution in [0.5, 0.6) is 0 Å². The van der Waals surface area contributed by atoms with Gasteiger partial charge < -0.3 is 23.7 Å². The molecule has 172 valence electrons. The highest BCUT2D eigenvalue weighted by Gasteiger charge is 2.62. The van der Waals surface area contributed by atoms with Gasteiger partial charge in [-0.1, -0.05) is 6.07 Å². The molecule has 0 atom stereocenters. The van der Waals surface area contributed by atoms with E-state index in [0.717, 1.165) is 48.0 Å². The van der Waals surface area contributed by atoms with Crippen molar-refractivity contribution < 1.29 is 28.4 Å². The Bertz CT molecular complexity index is 947. The van der Waals surface area contributed by atoms with Crippen LogP contribution in [0, 0.1) is 0 Å². The van der Waals surface area contributed by atoms with Crippen LogP contribution >= 0.6 is 0 Å². The highest BCUT2D eigenvalue weighted by Crippen LogP contribution is 2.59. The third-order valence-corrected chi connectivity index (χ3v) is 7.98. The molecule has 3 aliphatic heterocycles. The van der Waals surface area contributed by atoms with Gasteiger partial charge in [-0.25, -0.2) is 0 Å². The highest BCUT2D eigenvalue weighted by molar-refractivity contribution is 6.62. The lowest BCUT2D eigenvalue weighted by Gasteiger charge is -2.32. The minimum Gasteiger partial charge on any atom is -0.469 e. The molecule has 8 heteroatoms. The quantitative estimate of drug-likeness (QED) is 0.527. The van der Waals surface area contributed by atoms with Gasteiger partial charge in [0.1, 0.15) is 0 Å². The van der Waals surface area contributed by atoms with Crippen molar-refractivity contribution in [3.63, 3.8) is 0 Å². The average molecular weight is 441 g/mol. The summed E-state index contributed by atoms with van der Waals surface area (Å²) in [5.74, 6) is -0.150. The molecule has 1 saturated carbocycles. The van der Waals surface area contributed by atoms with Crippen molar-refractivity contribution >= 4 is 30.1 Å². The molecule has 4 aliphatic rings. The molecule has 32 heavy (non-hydrogen) atoms. The minimum absolute atomic E-state index is 0.106. The third kappa shape index (κ3) is 3.22. The van der Waals surface area contributed by atoms with Crippen molar-refractivity contribution in [3.8, 4) is 0 Å². The van der Waals surface area contributed by atoms with Crippen molar-refractivity contribution in [1.82, 2.24) is 0 Å². The summed E-state index contributed by atoms with van der Waals surface area (Å²) in [7, 11) is 0.830. The second-order valence-electron chi connectivity index (χ2n) is 10.5. The number of amides is 1. The summed E-state index contributed by atoms with van der Waals surface area (Å²) in [6.45, 7) is 9.39. The molecule has 1 aliphatic carbocycles. The Kier molecular flexibility index (Phi) is 5.00. The molecular formula is C24H32BNO6. The van der Waals surface area contributed by atoms with Crippen LogP contribution in [0.1, 0.15) is 64.5 Å². The number of rotatable bonds is 4. The van der Waals surface area contributed by atoms with Crippen LogP contribution < -0.4 is 10.4 Å². The fraction of sp³-hybridized carbons (Fsp3) is 0.667. The Morgan fingerprint density at radius 2 is 1.75 bits per heavy atom. The molecule has 1 spiro atoms. The van der Waals surface area contributed by atoms with E-state index in [2.05, 4.69) is 6.07 Å². The predicted molar refractivity (Wildman–Crippen MR) is 120 cm³/mol. The lowest BCUT2D eigenvalue weighted by molar-refractivity contribution is -0.139. The smallest absolute Gasteiger partial charge is 0.469 e. The summed E-state index contributed by atoms with van der Waals surface area (Å²) in [4.78, 5) is 28.0. The van der Waals surface area contributed by atoms with Crippen molar-refractivity contribution in [2.75, 3.05) is 25.2 Å². The molecule has 3 fully saturated rings. The van der Waals surface area contributed by atoms with Gasteiger partial charge in [0.2, 0.25) is 5.91 Å². The normalized spacial score (nSPS) is 25.3. The van der Waals surface area contributed by atoms with Crippen LogP contribution in [0.15, 0.2) is 12.1 Å². The molecule has 0 bridgehead atoms. The largest absolute Gasteiger partial charge is 0.494 e. The fourth-order valence-corrected chi connectivity index (χ4v) is 5.28. The topological polar surface area (TPSA) is 74.3 Å². The summed E-state index contributed by atoms with van der Waals surface area (Å²) < 4.78 is 23.2. The zero-order chi connectivity index (χ0) is 22.9. The number of hydrogen-bond donors (Lipinski definition) is 0. The lowest BCUT2D eigenvalue weighted by atomic mass is 9.76. The summed E-state index contributed by atoms with van der Waals surface area (Å²) in [6.07, 6.45) is 3.40. The number of nitrogens with zero attached hydrogens (tertiary/aromatic N) is 1. The molecule has 0 aromatic heterocycles. The first-order valence-electron chi connectivity index (χ1n) is 11.6. The average Bonchev–Trinajstić information content (AvgIpc) is 3.45. The molecule has 1 aromatic carbocycles. The van der Waals surface area contributed by atoms with Gasteiger partial charge in [-0.05, 0) is 76.0 Å². The van der Waals surface area contributed by atoms with Crippen LogP contribution in [0.25, 0.3) is 0 Å². The first-order chi connectivity index (χ1) is 15.1. The summed E-state index contributed by atoms with van der Waals surface area (Å²) in [6, 6.07) is 4.15. The maximum atomic E-state index is 13.7. The number of anilines is 1. The van der Waals surface area contributed by atoms with E-state index in [4.69, 9.17) is 18.8 Å². The second kappa shape index (κ2) is 7.30. The van der Waals surface area contributed by atoms with Crippen LogP contribution in [0.4, 0.5) is 5.69 Å². The molecule has 0 unspecified atom stereocenters. The van der Waals surface area contributed by atoms with E-state index < -0.39 is 23.7 Å². The van der Waals surface area contributed by atoms with E-state index in [0.29, 0.717) is 13.2 Å². The van der Waals surface area contributed by atoms with Gasteiger partial charge >= 0.3 is 13.1 Å². The van der Waals surface area contributed by atoms with Gasteiger partial charge in [0.15, 0.2) is 0 Å². The number of benzene rings is 1. The highest BCUT2D eigenvalue weighted by atomic mass is 16.7. The number of esters is 1. The van der Waals surface area contributed by atoms with E-state index in [1.165, 1.54) is 7.11 Å². The molecule has 5 rings (SSSR count). The summed E-state index contributed by atoms with van der Waals surface area (Å²) >= 11 is 0. The lowest BCUT2D eigenvalue weighted by Crippen LogP contribution is -2.44. The predicted octanol–water partition coefficient (Wildman–Crippen LogP) is 2.26. The molecule has 1 aromatic rings. The molecule has 3 heterocycles. The Labute approximate surface area is 189 Å². The number of hydrogen-bond acceptors (Lipinski definition) is 6. The molecule has 2 saturated heterocycles. The van der Waals surface area contributed by atoms with E-state index >= 15 is 0 Å². The second-order valence-corrected chi connectivity index (χ2v) is 10.5. The maximum Gasteiger partial charge on any atom is 0.494 e. The van der Waals surface area contributed by atoms with Crippen molar-refractivity contribution in [2.24, 2.45) is 0 Å². The number of ether oxygens (including phenoxy) is 2. The molecule has 1 amide bonds. The Hall–Kier alpha value is -1.90. The fourth-order valence-electron chi connectivity index (χ4n) is 5.28. The van der Waals surface area contributed by atoms with Crippen LogP contribution in [-0.4, -0.2) is 56.6 Å². The zero-order valence-corrected chi connectivity index (χ0v) is 19.7. The number of methoxy groups -OCH3 is 1. The van der Waals surface area contributed by atoms with Gasteiger partial charge in [0.05, 0.1) is 30.1 Å². The van der Waals surface area contributed by atoms with Crippen LogP contribution in [0.3, 0.4) is 0 Å². The Morgan fingerprint density at radius 3 is 2.31 bits per heavy atom. The number of carbonyl (C=O) groups excluding carboxylic acids is 2. The first kappa shape index (κ1) is 21.9. The van der Waals surface area contributed by atoms with Crippen LogP contribution in [-0.2, 0) is 40.2 Å². The van der Waals surface area contributed by atoms with Crippen molar-refractivity contribution in [2.45, 2.75) is 82.5 Å². The standard InChI is InChI=1S/C24H32BNO6/c1-22(2)23(3,4)32-25(31-22)16-12-15(13-19(27)29-5)20-18(14-16)26(17-6-10-30-11-7-17)21(28)24(20)8-9-24/h12,14,17H,6-11,13H2,1-5H3. The van der Waals surface area contributed by atoms with Crippen molar-refractivity contribution in [1.29, 1.82) is 0 Å². The Morgan fingerprint density at radius 1 is 1.12 bits per heavy atom. The van der Waals surface area contributed by atoms with E-state index in [1.807, 2.05) is 38.7 Å².